The van der Waals surface area contributed by atoms with Crippen molar-refractivity contribution in [2.45, 2.75) is 38.8 Å². The summed E-state index contributed by atoms with van der Waals surface area (Å²) in [5, 5.41) is 10.7. The Morgan fingerprint density at radius 2 is 1.88 bits per heavy atom. The largest absolute Gasteiger partial charge is 0.340 e. The molecule has 1 aromatic rings. The van der Waals surface area contributed by atoms with Crippen LogP contribution in [0.2, 0.25) is 0 Å². The average molecular weight is 237 g/mol. The van der Waals surface area contributed by atoms with Crippen LogP contribution in [-0.4, -0.2) is 17.1 Å². The monoisotopic (exact) mass is 237 g/mol. The van der Waals surface area contributed by atoms with Crippen molar-refractivity contribution in [2.75, 3.05) is 0 Å². The van der Waals surface area contributed by atoms with Gasteiger partial charge < -0.3 is 9.47 Å². The second-order valence-corrected chi connectivity index (χ2v) is 4.40. The van der Waals surface area contributed by atoms with Gasteiger partial charge in [-0.2, -0.15) is 0 Å². The zero-order chi connectivity index (χ0) is 12.6. The molecule has 0 N–H and O–H groups in total. The van der Waals surface area contributed by atoms with Gasteiger partial charge in [-0.3, -0.25) is 10.1 Å². The van der Waals surface area contributed by atoms with E-state index in [-0.39, 0.29) is 17.9 Å². The number of benzene rings is 1. The first-order chi connectivity index (χ1) is 7.92. The number of non-ortho nitro benzene ring substituents is 1. The molecule has 0 aliphatic carbocycles. The lowest BCUT2D eigenvalue weighted by Gasteiger charge is -2.23. The molecule has 1 fully saturated rings. The van der Waals surface area contributed by atoms with Crippen LogP contribution in [0.3, 0.4) is 0 Å². The van der Waals surface area contributed by atoms with Gasteiger partial charge in [0.2, 0.25) is 0 Å². The minimum Gasteiger partial charge on any atom is -0.340 e. The Kier molecular flexibility index (Phi) is 2.89. The molecule has 2 rings (SSSR count). The summed E-state index contributed by atoms with van der Waals surface area (Å²) in [6.45, 7) is 5.63. The van der Waals surface area contributed by atoms with Gasteiger partial charge >= 0.3 is 0 Å². The molecule has 1 aliphatic rings. The molecule has 5 heteroatoms. The van der Waals surface area contributed by atoms with E-state index in [4.69, 9.17) is 9.47 Å². The molecule has 0 bridgehead atoms. The summed E-state index contributed by atoms with van der Waals surface area (Å²) in [6, 6.07) is 6.36. The van der Waals surface area contributed by atoms with Crippen LogP contribution in [0.15, 0.2) is 24.3 Å². The van der Waals surface area contributed by atoms with E-state index in [0.29, 0.717) is 5.56 Å². The zero-order valence-corrected chi connectivity index (χ0v) is 10.0. The van der Waals surface area contributed by atoms with Crippen LogP contribution < -0.4 is 0 Å². The van der Waals surface area contributed by atoms with Gasteiger partial charge in [-0.05, 0) is 20.8 Å². The number of ether oxygens (including phenoxy) is 2. The Bertz CT molecular complexity index is 436. The number of nitrogens with zero attached hydrogens (tertiary/aromatic N) is 1. The lowest BCUT2D eigenvalue weighted by molar-refractivity contribution is -0.385. The van der Waals surface area contributed by atoms with Crippen molar-refractivity contribution in [2.24, 2.45) is 0 Å². The molecule has 0 saturated carbocycles. The first-order valence-corrected chi connectivity index (χ1v) is 5.53. The van der Waals surface area contributed by atoms with E-state index in [1.807, 2.05) is 13.8 Å². The van der Waals surface area contributed by atoms with Crippen LogP contribution in [0.5, 0.6) is 0 Å². The van der Waals surface area contributed by atoms with Gasteiger partial charge in [-0.15, -0.1) is 0 Å². The maximum Gasteiger partial charge on any atom is 0.269 e. The molecule has 0 spiro atoms. The third-order valence-corrected chi connectivity index (χ3v) is 3.06. The Balaban J connectivity index is 2.34. The zero-order valence-electron chi connectivity index (χ0n) is 10.0. The minimum atomic E-state index is -0.898. The lowest BCUT2D eigenvalue weighted by Crippen LogP contribution is -2.23. The summed E-state index contributed by atoms with van der Waals surface area (Å²) < 4.78 is 11.5. The van der Waals surface area contributed by atoms with Crippen molar-refractivity contribution in [1.82, 2.24) is 0 Å². The van der Waals surface area contributed by atoms with Gasteiger partial charge in [0.05, 0.1) is 17.1 Å². The fraction of sp³-hybridized carbons (Fsp3) is 0.500. The van der Waals surface area contributed by atoms with E-state index in [0.717, 1.165) is 0 Å². The molecule has 0 amide bonds. The highest BCUT2D eigenvalue weighted by Crippen LogP contribution is 2.37. The molecule has 0 aromatic heterocycles. The van der Waals surface area contributed by atoms with Crippen molar-refractivity contribution in [3.63, 3.8) is 0 Å². The summed E-state index contributed by atoms with van der Waals surface area (Å²) in [4.78, 5) is 10.3. The van der Waals surface area contributed by atoms with Gasteiger partial charge in [-0.1, -0.05) is 12.1 Å². The van der Waals surface area contributed by atoms with Gasteiger partial charge in [0, 0.05) is 17.7 Å². The Labute approximate surface area is 99.5 Å². The second kappa shape index (κ2) is 4.09. The fourth-order valence-electron chi connectivity index (χ4n) is 1.97. The molecule has 1 heterocycles. The van der Waals surface area contributed by atoms with Crippen molar-refractivity contribution in [3.8, 4) is 0 Å². The highest BCUT2D eigenvalue weighted by atomic mass is 16.8. The maximum atomic E-state index is 10.7. The van der Waals surface area contributed by atoms with Gasteiger partial charge in [0.1, 0.15) is 0 Å². The normalized spacial score (nSPS) is 32.6. The molecule has 17 heavy (non-hydrogen) atoms. The predicted octanol–water partition coefficient (Wildman–Crippen LogP) is 2.59. The fourth-order valence-corrected chi connectivity index (χ4v) is 1.97. The van der Waals surface area contributed by atoms with E-state index in [9.17, 15) is 10.1 Å². The van der Waals surface area contributed by atoms with Crippen molar-refractivity contribution in [3.05, 3.63) is 39.9 Å². The van der Waals surface area contributed by atoms with Crippen molar-refractivity contribution < 1.29 is 14.4 Å². The second-order valence-electron chi connectivity index (χ2n) is 4.40. The summed E-state index contributed by atoms with van der Waals surface area (Å²) in [7, 11) is 0. The topological polar surface area (TPSA) is 61.6 Å². The number of nitro groups is 1. The number of hydrogen-bond acceptors (Lipinski definition) is 4. The van der Waals surface area contributed by atoms with E-state index < -0.39 is 10.7 Å². The molecule has 92 valence electrons. The summed E-state index contributed by atoms with van der Waals surface area (Å²) in [5.74, 6) is -0.898. The van der Waals surface area contributed by atoms with Gasteiger partial charge in [-0.25, -0.2) is 0 Å². The van der Waals surface area contributed by atoms with Crippen LogP contribution >= 0.6 is 0 Å². The standard InChI is InChI=1S/C12H15NO4/c1-8-9(2)17-12(3,16-8)10-5-4-6-11(7-10)13(14)15/h4-9H,1-3H3. The lowest BCUT2D eigenvalue weighted by atomic mass is 10.1. The van der Waals surface area contributed by atoms with E-state index in [1.54, 1.807) is 19.1 Å². The molecule has 2 unspecified atom stereocenters. The molecular formula is C12H15NO4. The summed E-state index contributed by atoms with van der Waals surface area (Å²) in [5.41, 5.74) is 0.714. The summed E-state index contributed by atoms with van der Waals surface area (Å²) in [6.07, 6.45) is -0.0569. The van der Waals surface area contributed by atoms with E-state index in [1.165, 1.54) is 12.1 Å². The quantitative estimate of drug-likeness (QED) is 0.586. The van der Waals surface area contributed by atoms with Crippen LogP contribution in [0.4, 0.5) is 5.69 Å². The van der Waals surface area contributed by atoms with Crippen LogP contribution in [0.25, 0.3) is 0 Å². The smallest absolute Gasteiger partial charge is 0.269 e. The molecule has 1 aromatic carbocycles. The van der Waals surface area contributed by atoms with Gasteiger partial charge in [0.15, 0.2) is 5.79 Å². The van der Waals surface area contributed by atoms with Crippen molar-refractivity contribution >= 4 is 5.69 Å². The molecule has 0 radical (unpaired) electrons. The Morgan fingerprint density at radius 3 is 2.41 bits per heavy atom. The average Bonchev–Trinajstić information content (AvgIpc) is 2.54. The minimum absolute atomic E-state index is 0.0285. The molecule has 1 saturated heterocycles. The highest BCUT2D eigenvalue weighted by molar-refractivity contribution is 5.36. The van der Waals surface area contributed by atoms with Crippen LogP contribution in [-0.2, 0) is 15.3 Å². The third-order valence-electron chi connectivity index (χ3n) is 3.06. The maximum absolute atomic E-state index is 10.7. The first-order valence-electron chi connectivity index (χ1n) is 5.53. The molecule has 2 atom stereocenters. The highest BCUT2D eigenvalue weighted by Gasteiger charge is 2.41. The predicted molar refractivity (Wildman–Crippen MR) is 61.5 cm³/mol. The molecule has 5 nitrogen and oxygen atoms in total. The Hall–Kier alpha value is -1.46. The number of nitro benzene ring substituents is 1. The molecule has 1 aliphatic heterocycles. The van der Waals surface area contributed by atoms with Crippen LogP contribution in [0.1, 0.15) is 26.3 Å². The first kappa shape index (κ1) is 12.0. The summed E-state index contributed by atoms with van der Waals surface area (Å²) >= 11 is 0. The van der Waals surface area contributed by atoms with E-state index in [2.05, 4.69) is 0 Å². The van der Waals surface area contributed by atoms with Gasteiger partial charge in [0.25, 0.3) is 5.69 Å². The van der Waals surface area contributed by atoms with E-state index >= 15 is 0 Å². The Morgan fingerprint density at radius 1 is 1.29 bits per heavy atom. The van der Waals surface area contributed by atoms with Crippen LogP contribution in [0, 0.1) is 10.1 Å². The number of rotatable bonds is 2. The van der Waals surface area contributed by atoms with Crippen molar-refractivity contribution in [1.29, 1.82) is 0 Å². The molecular weight excluding hydrogens is 222 g/mol. The number of hydrogen-bond donors (Lipinski definition) is 0. The third kappa shape index (κ3) is 2.16. The SMILES string of the molecule is CC1OC(C)(c2cccc([N+](=O)[O-])c2)OC1C.